The van der Waals surface area contributed by atoms with Gasteiger partial charge < -0.3 is 9.80 Å². The van der Waals surface area contributed by atoms with Gasteiger partial charge in [0.2, 0.25) is 6.41 Å². The minimum absolute atomic E-state index is 0.548. The Labute approximate surface area is 165 Å². The number of piperazine rings is 1. The van der Waals surface area contributed by atoms with Gasteiger partial charge in [0, 0.05) is 36.9 Å². The largest absolute Gasteiger partial charge is 0.368 e. The number of rotatable bonds is 3. The number of thiocarbonyl (C=S) groups is 1. The van der Waals surface area contributed by atoms with Gasteiger partial charge in [-0.05, 0) is 55.9 Å². The van der Waals surface area contributed by atoms with Crippen LogP contribution in [0.5, 0.6) is 0 Å². The molecule has 0 N–H and O–H groups in total. The van der Waals surface area contributed by atoms with E-state index in [1.165, 1.54) is 10.5 Å². The maximum absolute atomic E-state index is 11.6. The standard InChI is InChI=1S/C20H22ClN3OS/c1-15-3-7-18(8-4-15)24(14-25)20(26)23-11-9-22(10-12-23)19-13-17(21)6-5-16(19)2/h3-8,13-14H,9-12H2,1-2H3. The van der Waals surface area contributed by atoms with E-state index < -0.39 is 0 Å². The third kappa shape index (κ3) is 4.00. The lowest BCUT2D eigenvalue weighted by molar-refractivity contribution is -0.106. The number of hydrogen-bond acceptors (Lipinski definition) is 3. The van der Waals surface area contributed by atoms with Gasteiger partial charge in [-0.1, -0.05) is 35.4 Å². The van der Waals surface area contributed by atoms with Crippen LogP contribution in [0.25, 0.3) is 0 Å². The van der Waals surface area contributed by atoms with Crippen molar-refractivity contribution in [1.29, 1.82) is 0 Å². The molecule has 1 amide bonds. The first kappa shape index (κ1) is 18.7. The molecule has 2 aromatic carbocycles. The summed E-state index contributed by atoms with van der Waals surface area (Å²) in [7, 11) is 0. The third-order valence-corrected chi connectivity index (χ3v) is 5.38. The zero-order valence-corrected chi connectivity index (χ0v) is 16.6. The van der Waals surface area contributed by atoms with E-state index in [9.17, 15) is 4.79 Å². The highest BCUT2D eigenvalue weighted by Gasteiger charge is 2.24. The first-order valence-electron chi connectivity index (χ1n) is 8.61. The number of aryl methyl sites for hydroxylation is 2. The lowest BCUT2D eigenvalue weighted by Gasteiger charge is -2.39. The predicted octanol–water partition coefficient (Wildman–Crippen LogP) is 4.03. The Morgan fingerprint density at radius 2 is 1.73 bits per heavy atom. The van der Waals surface area contributed by atoms with E-state index in [0.717, 1.165) is 54.5 Å². The van der Waals surface area contributed by atoms with Crippen molar-refractivity contribution in [2.45, 2.75) is 13.8 Å². The quantitative estimate of drug-likeness (QED) is 0.587. The van der Waals surface area contributed by atoms with Crippen LogP contribution < -0.4 is 9.80 Å². The van der Waals surface area contributed by atoms with Gasteiger partial charge >= 0.3 is 0 Å². The maximum atomic E-state index is 11.6. The molecule has 0 aromatic heterocycles. The minimum Gasteiger partial charge on any atom is -0.368 e. The van der Waals surface area contributed by atoms with Crippen LogP contribution in [0.3, 0.4) is 0 Å². The normalized spacial score (nSPS) is 14.3. The van der Waals surface area contributed by atoms with Crippen LogP contribution in [-0.2, 0) is 4.79 Å². The van der Waals surface area contributed by atoms with E-state index in [1.807, 2.05) is 49.4 Å². The molecule has 1 fully saturated rings. The second kappa shape index (κ2) is 8.06. The number of carbonyl (C=O) groups excluding carboxylic acids is 1. The summed E-state index contributed by atoms with van der Waals surface area (Å²) in [5.41, 5.74) is 4.31. The number of carbonyl (C=O) groups is 1. The van der Waals surface area contributed by atoms with Crippen molar-refractivity contribution in [3.63, 3.8) is 0 Å². The van der Waals surface area contributed by atoms with Gasteiger partial charge in [0.05, 0.1) is 5.69 Å². The second-order valence-electron chi connectivity index (χ2n) is 6.50. The summed E-state index contributed by atoms with van der Waals surface area (Å²) >= 11 is 11.7. The van der Waals surface area contributed by atoms with Gasteiger partial charge in [0.1, 0.15) is 0 Å². The highest BCUT2D eigenvalue weighted by atomic mass is 35.5. The molecule has 3 rings (SSSR count). The lowest BCUT2D eigenvalue weighted by Crippen LogP contribution is -2.52. The van der Waals surface area contributed by atoms with Crippen molar-refractivity contribution in [3.05, 3.63) is 58.6 Å². The van der Waals surface area contributed by atoms with Gasteiger partial charge in [-0.3, -0.25) is 9.69 Å². The highest BCUT2D eigenvalue weighted by Crippen LogP contribution is 2.26. The molecule has 1 heterocycles. The molecule has 2 aromatic rings. The van der Waals surface area contributed by atoms with Crippen molar-refractivity contribution in [2.75, 3.05) is 36.0 Å². The SMILES string of the molecule is Cc1ccc(N(C=O)C(=S)N2CCN(c3cc(Cl)ccc3C)CC2)cc1. The molecule has 0 saturated carbocycles. The molecule has 4 nitrogen and oxygen atoms in total. The lowest BCUT2D eigenvalue weighted by atomic mass is 10.1. The molecule has 1 saturated heterocycles. The molecule has 26 heavy (non-hydrogen) atoms. The zero-order chi connectivity index (χ0) is 18.7. The number of nitrogens with zero attached hydrogens (tertiary/aromatic N) is 3. The van der Waals surface area contributed by atoms with Crippen molar-refractivity contribution < 1.29 is 4.79 Å². The topological polar surface area (TPSA) is 26.8 Å². The van der Waals surface area contributed by atoms with E-state index in [-0.39, 0.29) is 0 Å². The molecule has 0 unspecified atom stereocenters. The fourth-order valence-corrected chi connectivity index (χ4v) is 3.63. The summed E-state index contributed by atoms with van der Waals surface area (Å²) in [5, 5.41) is 1.29. The summed E-state index contributed by atoms with van der Waals surface area (Å²) in [5.74, 6) is 0. The molecule has 6 heteroatoms. The van der Waals surface area contributed by atoms with Gasteiger partial charge in [0.25, 0.3) is 0 Å². The van der Waals surface area contributed by atoms with E-state index in [2.05, 4.69) is 16.7 Å². The van der Waals surface area contributed by atoms with Crippen molar-refractivity contribution in [3.8, 4) is 0 Å². The average Bonchev–Trinajstić information content (AvgIpc) is 2.66. The van der Waals surface area contributed by atoms with Crippen LogP contribution >= 0.6 is 23.8 Å². The monoisotopic (exact) mass is 387 g/mol. The average molecular weight is 388 g/mol. The molecule has 0 spiro atoms. The van der Waals surface area contributed by atoms with Crippen LogP contribution in [0.2, 0.25) is 5.02 Å². The molecule has 1 aliphatic rings. The number of benzene rings is 2. The summed E-state index contributed by atoms with van der Waals surface area (Å²) in [4.78, 5) is 17.6. The minimum atomic E-state index is 0.548. The Bertz CT molecular complexity index is 801. The van der Waals surface area contributed by atoms with Gasteiger partial charge in [-0.25, -0.2) is 0 Å². The van der Waals surface area contributed by atoms with Crippen molar-refractivity contribution in [2.24, 2.45) is 0 Å². The van der Waals surface area contributed by atoms with Gasteiger partial charge in [-0.2, -0.15) is 0 Å². The van der Waals surface area contributed by atoms with Crippen LogP contribution in [0.1, 0.15) is 11.1 Å². The summed E-state index contributed by atoms with van der Waals surface area (Å²) in [6.07, 6.45) is 0.792. The first-order chi connectivity index (χ1) is 12.5. The van der Waals surface area contributed by atoms with Crippen LogP contribution in [-0.4, -0.2) is 42.6 Å². The summed E-state index contributed by atoms with van der Waals surface area (Å²) in [6, 6.07) is 13.8. The van der Waals surface area contributed by atoms with Crippen molar-refractivity contribution in [1.82, 2.24) is 4.90 Å². The van der Waals surface area contributed by atoms with E-state index in [0.29, 0.717) is 5.11 Å². The van der Waals surface area contributed by atoms with E-state index >= 15 is 0 Å². The number of halogens is 1. The third-order valence-electron chi connectivity index (χ3n) is 4.69. The van der Waals surface area contributed by atoms with Crippen LogP contribution in [0.15, 0.2) is 42.5 Å². The fourth-order valence-electron chi connectivity index (χ4n) is 3.14. The molecular formula is C20H22ClN3OS. The smallest absolute Gasteiger partial charge is 0.220 e. The second-order valence-corrected chi connectivity index (χ2v) is 7.30. The molecule has 0 aliphatic carbocycles. The number of amides is 1. The van der Waals surface area contributed by atoms with Crippen LogP contribution in [0, 0.1) is 13.8 Å². The number of hydrogen-bond donors (Lipinski definition) is 0. The van der Waals surface area contributed by atoms with Gasteiger partial charge in [-0.15, -0.1) is 0 Å². The highest BCUT2D eigenvalue weighted by molar-refractivity contribution is 7.80. The Morgan fingerprint density at radius 1 is 1.08 bits per heavy atom. The van der Waals surface area contributed by atoms with E-state index in [4.69, 9.17) is 23.8 Å². The first-order valence-corrected chi connectivity index (χ1v) is 9.39. The molecule has 0 radical (unpaired) electrons. The molecule has 0 atom stereocenters. The van der Waals surface area contributed by atoms with Crippen molar-refractivity contribution >= 4 is 46.7 Å². The van der Waals surface area contributed by atoms with Gasteiger partial charge in [0.15, 0.2) is 5.11 Å². The molecule has 136 valence electrons. The molecule has 0 bridgehead atoms. The summed E-state index contributed by atoms with van der Waals surface area (Å²) < 4.78 is 0. The van der Waals surface area contributed by atoms with Crippen LogP contribution in [0.4, 0.5) is 11.4 Å². The Kier molecular flexibility index (Phi) is 5.79. The molecule has 1 aliphatic heterocycles. The Balaban J connectivity index is 1.68. The van der Waals surface area contributed by atoms with E-state index in [1.54, 1.807) is 0 Å². The Morgan fingerprint density at radius 3 is 2.35 bits per heavy atom. The zero-order valence-electron chi connectivity index (χ0n) is 15.0. The molecular weight excluding hydrogens is 366 g/mol. The summed E-state index contributed by atoms with van der Waals surface area (Å²) in [6.45, 7) is 7.31. The maximum Gasteiger partial charge on any atom is 0.220 e. The number of anilines is 2. The fraction of sp³-hybridized carbons (Fsp3) is 0.300. The predicted molar refractivity (Wildman–Crippen MR) is 112 cm³/mol. The Hall–Kier alpha value is -2.11.